The van der Waals surface area contributed by atoms with Gasteiger partial charge in [0.1, 0.15) is 0 Å². The molecule has 1 fully saturated rings. The molecule has 4 aromatic rings. The van der Waals surface area contributed by atoms with E-state index in [2.05, 4.69) is 41.5 Å². The molecule has 1 aromatic heterocycles. The van der Waals surface area contributed by atoms with Gasteiger partial charge in [0, 0.05) is 29.9 Å². The predicted octanol–water partition coefficient (Wildman–Crippen LogP) is 5.56. The van der Waals surface area contributed by atoms with Gasteiger partial charge in [-0.25, -0.2) is 0 Å². The average molecular weight is 384 g/mol. The Morgan fingerprint density at radius 3 is 2.50 bits per heavy atom. The number of rotatable bonds is 3. The second kappa shape index (κ2) is 6.39. The molecule has 1 aliphatic heterocycles. The normalized spacial score (nSPS) is 14.6. The number of fused-ring (bicyclic) bond motifs is 2. The van der Waals surface area contributed by atoms with E-state index >= 15 is 0 Å². The molecule has 0 radical (unpaired) electrons. The minimum atomic E-state index is -0.301. The molecule has 5 rings (SSSR count). The predicted molar refractivity (Wildman–Crippen MR) is 115 cm³/mol. The number of benzene rings is 3. The van der Waals surface area contributed by atoms with Crippen LogP contribution in [0.1, 0.15) is 5.56 Å². The van der Waals surface area contributed by atoms with Crippen LogP contribution in [-0.4, -0.2) is 14.9 Å². The Morgan fingerprint density at radius 2 is 1.71 bits per heavy atom. The Labute approximate surface area is 166 Å². The van der Waals surface area contributed by atoms with E-state index in [1.54, 1.807) is 0 Å². The van der Waals surface area contributed by atoms with Crippen LogP contribution in [0.25, 0.3) is 21.7 Å². The van der Waals surface area contributed by atoms with Crippen molar-refractivity contribution in [2.24, 2.45) is 0 Å². The molecule has 1 saturated heterocycles. The molecular weight excluding hydrogens is 368 g/mol. The van der Waals surface area contributed by atoms with Crippen molar-refractivity contribution in [3.05, 3.63) is 90.8 Å². The molecule has 4 nitrogen and oxygen atoms in total. The van der Waals surface area contributed by atoms with Gasteiger partial charge in [-0.1, -0.05) is 49.0 Å². The van der Waals surface area contributed by atoms with Crippen LogP contribution in [0.5, 0.6) is 0 Å². The number of amides is 1. The van der Waals surface area contributed by atoms with Crippen LogP contribution in [0.15, 0.2) is 85.2 Å². The van der Waals surface area contributed by atoms with Gasteiger partial charge in [0.2, 0.25) is 5.12 Å². The van der Waals surface area contributed by atoms with Gasteiger partial charge in [0.05, 0.1) is 16.9 Å². The second-order valence-corrected chi connectivity index (χ2v) is 7.70. The molecule has 0 atom stereocenters. The summed E-state index contributed by atoms with van der Waals surface area (Å²) in [5.41, 5.74) is 3.12. The number of nitrogens with zero attached hydrogens (tertiary/aromatic N) is 2. The average Bonchev–Trinajstić information content (AvgIpc) is 3.22. The number of anilines is 1. The van der Waals surface area contributed by atoms with Crippen LogP contribution >= 0.6 is 11.8 Å². The molecular formula is C23H16N2O2S. The molecule has 0 unspecified atom stereocenters. The summed E-state index contributed by atoms with van der Waals surface area (Å²) in [6.07, 6.45) is 2.02. The van der Waals surface area contributed by atoms with Crippen LogP contribution in [0.2, 0.25) is 0 Å². The van der Waals surface area contributed by atoms with Crippen molar-refractivity contribution >= 4 is 49.5 Å². The lowest BCUT2D eigenvalue weighted by Crippen LogP contribution is -2.20. The van der Waals surface area contributed by atoms with E-state index in [9.17, 15) is 9.59 Å². The van der Waals surface area contributed by atoms with Crippen LogP contribution in [0.3, 0.4) is 0 Å². The second-order valence-electron chi connectivity index (χ2n) is 6.77. The van der Waals surface area contributed by atoms with E-state index in [1.165, 1.54) is 21.2 Å². The summed E-state index contributed by atoms with van der Waals surface area (Å²) in [7, 11) is 0. The standard InChI is InChI=1S/C23H16N2O2S/c1-15-22(26)28-23(27)25(15)21-8-4-7-20-19(21)11-12-24(20)14-16-9-10-17-5-2-3-6-18(17)13-16/h2-13H,1,14H2. The van der Waals surface area contributed by atoms with Gasteiger partial charge in [-0.2, -0.15) is 0 Å². The topological polar surface area (TPSA) is 42.3 Å². The third-order valence-electron chi connectivity index (χ3n) is 5.07. The highest BCUT2D eigenvalue weighted by molar-refractivity contribution is 8.27. The summed E-state index contributed by atoms with van der Waals surface area (Å²) in [6, 6.07) is 22.6. The first kappa shape index (κ1) is 16.8. The summed E-state index contributed by atoms with van der Waals surface area (Å²) in [6.45, 7) is 4.50. The SMILES string of the molecule is C=C1C(=O)SC(=O)N1c1cccc2c1ccn2Cc1ccc2ccccc2c1. The van der Waals surface area contributed by atoms with Crippen molar-refractivity contribution in [3.8, 4) is 0 Å². The maximum absolute atomic E-state index is 12.3. The Bertz CT molecular complexity index is 1290. The smallest absolute Gasteiger partial charge is 0.298 e. The van der Waals surface area contributed by atoms with E-state index in [0.717, 1.165) is 17.4 Å². The summed E-state index contributed by atoms with van der Waals surface area (Å²) in [4.78, 5) is 25.5. The molecule has 1 amide bonds. The molecule has 0 saturated carbocycles. The number of aromatic nitrogens is 1. The van der Waals surface area contributed by atoms with Gasteiger partial charge in [-0.05, 0) is 40.6 Å². The van der Waals surface area contributed by atoms with Crippen molar-refractivity contribution in [3.63, 3.8) is 0 Å². The summed E-state index contributed by atoms with van der Waals surface area (Å²) in [5, 5.41) is 2.77. The van der Waals surface area contributed by atoms with Crippen molar-refractivity contribution in [2.45, 2.75) is 6.54 Å². The maximum atomic E-state index is 12.3. The highest BCUT2D eigenvalue weighted by Gasteiger charge is 2.35. The molecule has 28 heavy (non-hydrogen) atoms. The van der Waals surface area contributed by atoms with Crippen molar-refractivity contribution in [1.82, 2.24) is 4.57 Å². The molecule has 0 aliphatic carbocycles. The van der Waals surface area contributed by atoms with E-state index in [4.69, 9.17) is 0 Å². The fraction of sp³-hybridized carbons (Fsp3) is 0.0435. The van der Waals surface area contributed by atoms with Gasteiger partial charge in [-0.15, -0.1) is 0 Å². The Hall–Kier alpha value is -3.31. The minimum Gasteiger partial charge on any atom is -0.343 e. The van der Waals surface area contributed by atoms with Gasteiger partial charge >= 0.3 is 0 Å². The maximum Gasteiger partial charge on any atom is 0.298 e. The highest BCUT2D eigenvalue weighted by Crippen LogP contribution is 2.37. The van der Waals surface area contributed by atoms with Crippen LogP contribution in [0.4, 0.5) is 10.5 Å². The first-order valence-electron chi connectivity index (χ1n) is 8.92. The van der Waals surface area contributed by atoms with Gasteiger partial charge in [0.25, 0.3) is 5.24 Å². The lowest BCUT2D eigenvalue weighted by molar-refractivity contribution is -0.107. The molecule has 0 spiro atoms. The fourth-order valence-corrected chi connectivity index (χ4v) is 4.37. The van der Waals surface area contributed by atoms with Crippen LogP contribution < -0.4 is 4.90 Å². The monoisotopic (exact) mass is 384 g/mol. The zero-order valence-electron chi connectivity index (χ0n) is 15.0. The Morgan fingerprint density at radius 1 is 0.893 bits per heavy atom. The molecule has 1 aliphatic rings. The number of carbonyl (C=O) groups excluding carboxylic acids is 2. The Kier molecular flexibility index (Phi) is 3.84. The van der Waals surface area contributed by atoms with Gasteiger partial charge in [-0.3, -0.25) is 14.5 Å². The zero-order chi connectivity index (χ0) is 19.3. The van der Waals surface area contributed by atoms with Crippen molar-refractivity contribution in [2.75, 3.05) is 4.90 Å². The van der Waals surface area contributed by atoms with E-state index in [-0.39, 0.29) is 16.1 Å². The van der Waals surface area contributed by atoms with Crippen molar-refractivity contribution < 1.29 is 9.59 Å². The first-order valence-corrected chi connectivity index (χ1v) is 9.74. The molecule has 136 valence electrons. The van der Waals surface area contributed by atoms with Gasteiger partial charge in [0.15, 0.2) is 0 Å². The molecule has 0 bridgehead atoms. The lowest BCUT2D eigenvalue weighted by Gasteiger charge is -2.16. The van der Waals surface area contributed by atoms with Crippen molar-refractivity contribution in [1.29, 1.82) is 0 Å². The molecule has 3 aromatic carbocycles. The number of carbonyl (C=O) groups is 2. The van der Waals surface area contributed by atoms with E-state index < -0.39 is 0 Å². The summed E-state index contributed by atoms with van der Waals surface area (Å²) < 4.78 is 2.15. The molecule has 0 N–H and O–H groups in total. The quantitative estimate of drug-likeness (QED) is 0.435. The van der Waals surface area contributed by atoms with Gasteiger partial charge < -0.3 is 4.57 Å². The number of hydrogen-bond acceptors (Lipinski definition) is 3. The van der Waals surface area contributed by atoms with E-state index in [1.807, 2.05) is 42.6 Å². The van der Waals surface area contributed by atoms with Crippen LogP contribution in [-0.2, 0) is 11.3 Å². The molecule has 2 heterocycles. The lowest BCUT2D eigenvalue weighted by atomic mass is 10.1. The third-order valence-corrected chi connectivity index (χ3v) is 5.84. The van der Waals surface area contributed by atoms with E-state index in [0.29, 0.717) is 17.4 Å². The number of thioether (sulfide) groups is 1. The fourth-order valence-electron chi connectivity index (χ4n) is 3.70. The first-order chi connectivity index (χ1) is 13.6. The third kappa shape index (κ3) is 2.63. The zero-order valence-corrected chi connectivity index (χ0v) is 15.8. The minimum absolute atomic E-state index is 0.213. The summed E-state index contributed by atoms with van der Waals surface area (Å²) in [5.74, 6) is 0. The molecule has 5 heteroatoms. The number of hydrogen-bond donors (Lipinski definition) is 0. The summed E-state index contributed by atoms with van der Waals surface area (Å²) >= 11 is 0.692. The largest absolute Gasteiger partial charge is 0.343 e. The Balaban J connectivity index is 1.55. The highest BCUT2D eigenvalue weighted by atomic mass is 32.2. The van der Waals surface area contributed by atoms with Crippen LogP contribution in [0, 0.1) is 0 Å².